The third-order valence-corrected chi connectivity index (χ3v) is 4.53. The summed E-state index contributed by atoms with van der Waals surface area (Å²) in [7, 11) is 1.62. The Balaban J connectivity index is 1.99. The average Bonchev–Trinajstić information content (AvgIpc) is 2.95. The Hall–Kier alpha value is -1.10. The van der Waals surface area contributed by atoms with E-state index in [1.165, 1.54) is 19.3 Å². The molecule has 2 rings (SSSR count). The van der Waals surface area contributed by atoms with E-state index in [9.17, 15) is 9.59 Å². The van der Waals surface area contributed by atoms with Crippen molar-refractivity contribution in [2.45, 2.75) is 57.0 Å². The second-order valence-corrected chi connectivity index (χ2v) is 5.73. The first-order valence-corrected chi connectivity index (χ1v) is 7.43. The van der Waals surface area contributed by atoms with Gasteiger partial charge in [0.05, 0.1) is 6.04 Å². The van der Waals surface area contributed by atoms with Gasteiger partial charge in [-0.15, -0.1) is 0 Å². The molecule has 2 aliphatic rings. The molecule has 108 valence electrons. The van der Waals surface area contributed by atoms with E-state index in [2.05, 4.69) is 5.32 Å². The van der Waals surface area contributed by atoms with Crippen molar-refractivity contribution in [1.29, 1.82) is 0 Å². The van der Waals surface area contributed by atoms with Crippen molar-refractivity contribution in [2.75, 3.05) is 13.6 Å². The van der Waals surface area contributed by atoms with Gasteiger partial charge in [0.25, 0.3) is 0 Å². The van der Waals surface area contributed by atoms with E-state index in [1.807, 2.05) is 0 Å². The van der Waals surface area contributed by atoms with Crippen LogP contribution in [0.3, 0.4) is 0 Å². The van der Waals surface area contributed by atoms with E-state index in [0.717, 1.165) is 25.7 Å². The predicted octanol–water partition coefficient (Wildman–Crippen LogP) is 0.631. The number of amides is 2. The Kier molecular flexibility index (Phi) is 4.80. The van der Waals surface area contributed by atoms with Crippen molar-refractivity contribution in [2.24, 2.45) is 11.7 Å². The molecule has 0 bridgehead atoms. The van der Waals surface area contributed by atoms with Gasteiger partial charge in [-0.1, -0.05) is 19.3 Å². The molecular formula is C14H25N3O2. The maximum atomic E-state index is 12.5. The molecule has 3 N–H and O–H groups in total. The molecule has 5 nitrogen and oxygen atoms in total. The standard InChI is InChI=1S/C14H25N3O2/c1-16-13(18)11-8-5-9-17(11)14(19)12(15)10-6-3-2-4-7-10/h10-12H,2-9,15H2,1H3,(H,16,18)/t11-,12+/m0/s1. The van der Waals surface area contributed by atoms with Gasteiger partial charge in [-0.3, -0.25) is 9.59 Å². The zero-order chi connectivity index (χ0) is 13.8. The second-order valence-electron chi connectivity index (χ2n) is 5.73. The molecular weight excluding hydrogens is 242 g/mol. The van der Waals surface area contributed by atoms with Crippen LogP contribution in [0.1, 0.15) is 44.9 Å². The first kappa shape index (κ1) is 14.3. The molecule has 1 saturated carbocycles. The van der Waals surface area contributed by atoms with Crippen LogP contribution in [0, 0.1) is 5.92 Å². The number of likely N-dealkylation sites (N-methyl/N-ethyl adjacent to an activating group) is 1. The van der Waals surface area contributed by atoms with Crippen molar-refractivity contribution in [3.05, 3.63) is 0 Å². The zero-order valence-corrected chi connectivity index (χ0v) is 11.7. The van der Waals surface area contributed by atoms with Crippen LogP contribution in [0.5, 0.6) is 0 Å². The van der Waals surface area contributed by atoms with E-state index >= 15 is 0 Å². The molecule has 0 radical (unpaired) electrons. The van der Waals surface area contributed by atoms with Gasteiger partial charge in [0.2, 0.25) is 11.8 Å². The Morgan fingerprint density at radius 2 is 1.84 bits per heavy atom. The third kappa shape index (κ3) is 3.08. The Morgan fingerprint density at radius 1 is 1.16 bits per heavy atom. The molecule has 2 amide bonds. The van der Waals surface area contributed by atoms with Gasteiger partial charge < -0.3 is 16.0 Å². The number of nitrogens with zero attached hydrogens (tertiary/aromatic N) is 1. The van der Waals surface area contributed by atoms with Crippen LogP contribution in [0.4, 0.5) is 0 Å². The van der Waals surface area contributed by atoms with Crippen LogP contribution < -0.4 is 11.1 Å². The van der Waals surface area contributed by atoms with Crippen LogP contribution in [0.15, 0.2) is 0 Å². The summed E-state index contributed by atoms with van der Waals surface area (Å²) in [5, 5.41) is 2.64. The van der Waals surface area contributed by atoms with Gasteiger partial charge in [0.15, 0.2) is 0 Å². The summed E-state index contributed by atoms with van der Waals surface area (Å²) in [6.07, 6.45) is 7.33. The molecule has 2 atom stereocenters. The summed E-state index contributed by atoms with van der Waals surface area (Å²) < 4.78 is 0. The lowest BCUT2D eigenvalue weighted by atomic mass is 9.83. The molecule has 19 heavy (non-hydrogen) atoms. The van der Waals surface area contributed by atoms with Crippen molar-refractivity contribution in [3.63, 3.8) is 0 Å². The molecule has 2 fully saturated rings. The summed E-state index contributed by atoms with van der Waals surface area (Å²) in [5.74, 6) is 0.201. The first-order chi connectivity index (χ1) is 9.15. The van der Waals surface area contributed by atoms with E-state index in [4.69, 9.17) is 5.73 Å². The van der Waals surface area contributed by atoms with Crippen molar-refractivity contribution >= 4 is 11.8 Å². The number of nitrogens with two attached hydrogens (primary N) is 1. The third-order valence-electron chi connectivity index (χ3n) is 4.53. The summed E-state index contributed by atoms with van der Waals surface area (Å²) in [5.41, 5.74) is 6.15. The number of hydrogen-bond donors (Lipinski definition) is 2. The maximum Gasteiger partial charge on any atom is 0.242 e. The number of nitrogens with one attached hydrogen (secondary N) is 1. The zero-order valence-electron chi connectivity index (χ0n) is 11.7. The summed E-state index contributed by atoms with van der Waals surface area (Å²) in [6, 6.07) is -0.738. The topological polar surface area (TPSA) is 75.4 Å². The highest BCUT2D eigenvalue weighted by Crippen LogP contribution is 2.28. The molecule has 0 unspecified atom stereocenters. The predicted molar refractivity (Wildman–Crippen MR) is 73.4 cm³/mol. The van der Waals surface area contributed by atoms with Gasteiger partial charge in [0.1, 0.15) is 6.04 Å². The molecule has 1 aliphatic carbocycles. The molecule has 1 saturated heterocycles. The Labute approximate surface area is 114 Å². The van der Waals surface area contributed by atoms with Crippen LogP contribution in [-0.4, -0.2) is 42.4 Å². The lowest BCUT2D eigenvalue weighted by Gasteiger charge is -2.31. The largest absolute Gasteiger partial charge is 0.357 e. The average molecular weight is 267 g/mol. The lowest BCUT2D eigenvalue weighted by Crippen LogP contribution is -2.53. The lowest BCUT2D eigenvalue weighted by molar-refractivity contribution is -0.140. The van der Waals surface area contributed by atoms with Gasteiger partial charge in [-0.25, -0.2) is 0 Å². The monoisotopic (exact) mass is 267 g/mol. The fourth-order valence-electron chi connectivity index (χ4n) is 3.36. The molecule has 1 aliphatic heterocycles. The summed E-state index contributed by atoms with van der Waals surface area (Å²) in [4.78, 5) is 26.0. The smallest absolute Gasteiger partial charge is 0.242 e. The number of hydrogen-bond acceptors (Lipinski definition) is 3. The number of carbonyl (C=O) groups is 2. The minimum absolute atomic E-state index is 0.0296. The molecule has 0 aromatic carbocycles. The van der Waals surface area contributed by atoms with E-state index in [1.54, 1.807) is 11.9 Å². The Bertz CT molecular complexity index is 340. The van der Waals surface area contributed by atoms with E-state index in [-0.39, 0.29) is 17.9 Å². The normalized spacial score (nSPS) is 26.2. The van der Waals surface area contributed by atoms with E-state index in [0.29, 0.717) is 12.5 Å². The van der Waals surface area contributed by atoms with Crippen molar-refractivity contribution in [1.82, 2.24) is 10.2 Å². The van der Waals surface area contributed by atoms with Gasteiger partial charge in [-0.05, 0) is 31.6 Å². The van der Waals surface area contributed by atoms with Crippen molar-refractivity contribution in [3.8, 4) is 0 Å². The van der Waals surface area contributed by atoms with Crippen LogP contribution in [-0.2, 0) is 9.59 Å². The van der Waals surface area contributed by atoms with E-state index < -0.39 is 6.04 Å². The maximum absolute atomic E-state index is 12.5. The molecule has 5 heteroatoms. The molecule has 0 aromatic heterocycles. The quantitative estimate of drug-likeness (QED) is 0.787. The van der Waals surface area contributed by atoms with Crippen LogP contribution in [0.25, 0.3) is 0 Å². The SMILES string of the molecule is CNC(=O)[C@@H]1CCCN1C(=O)[C@H](N)C1CCCCC1. The fraction of sp³-hybridized carbons (Fsp3) is 0.857. The highest BCUT2D eigenvalue weighted by atomic mass is 16.2. The number of carbonyl (C=O) groups excluding carboxylic acids is 2. The second kappa shape index (κ2) is 6.37. The fourth-order valence-corrected chi connectivity index (χ4v) is 3.36. The minimum atomic E-state index is -0.425. The number of likely N-dealkylation sites (tertiary alicyclic amines) is 1. The number of rotatable bonds is 3. The first-order valence-electron chi connectivity index (χ1n) is 7.43. The van der Waals surface area contributed by atoms with Gasteiger partial charge in [-0.2, -0.15) is 0 Å². The molecule has 0 spiro atoms. The van der Waals surface area contributed by atoms with Gasteiger partial charge in [0, 0.05) is 13.6 Å². The summed E-state index contributed by atoms with van der Waals surface area (Å²) in [6.45, 7) is 0.664. The molecule has 0 aromatic rings. The van der Waals surface area contributed by atoms with Crippen molar-refractivity contribution < 1.29 is 9.59 Å². The highest BCUT2D eigenvalue weighted by molar-refractivity contribution is 5.90. The van der Waals surface area contributed by atoms with Crippen LogP contribution in [0.2, 0.25) is 0 Å². The van der Waals surface area contributed by atoms with Gasteiger partial charge >= 0.3 is 0 Å². The molecule has 1 heterocycles. The highest BCUT2D eigenvalue weighted by Gasteiger charge is 2.38. The minimum Gasteiger partial charge on any atom is -0.357 e. The van der Waals surface area contributed by atoms with Crippen LogP contribution >= 0.6 is 0 Å². The Morgan fingerprint density at radius 3 is 2.47 bits per heavy atom. The summed E-state index contributed by atoms with van der Waals surface area (Å²) >= 11 is 0.